The summed E-state index contributed by atoms with van der Waals surface area (Å²) in [5.74, 6) is -1.31. The summed E-state index contributed by atoms with van der Waals surface area (Å²) in [6.45, 7) is 2.99. The molecule has 9 heteroatoms. The first-order chi connectivity index (χ1) is 9.19. The first-order valence-corrected chi connectivity index (χ1v) is 7.17. The molecule has 1 aromatic carbocycles. The molecule has 1 atom stereocenters. The van der Waals surface area contributed by atoms with Gasteiger partial charge in [-0.25, -0.2) is 8.42 Å². The summed E-state index contributed by atoms with van der Waals surface area (Å²) < 4.78 is 26.2. The molecule has 110 valence electrons. The molecule has 0 saturated heterocycles. The number of nitrogens with zero attached hydrogens (tertiary/aromatic N) is 1. The van der Waals surface area contributed by atoms with Crippen molar-refractivity contribution in [1.29, 1.82) is 0 Å². The predicted molar refractivity (Wildman–Crippen MR) is 69.9 cm³/mol. The van der Waals surface area contributed by atoms with Crippen LogP contribution in [0.4, 0.5) is 5.69 Å². The van der Waals surface area contributed by atoms with E-state index in [1.54, 1.807) is 0 Å². The van der Waals surface area contributed by atoms with E-state index >= 15 is 0 Å². The Balaban J connectivity index is 3.24. The van der Waals surface area contributed by atoms with Gasteiger partial charge in [-0.15, -0.1) is 0 Å². The molecule has 0 saturated carbocycles. The van der Waals surface area contributed by atoms with Gasteiger partial charge in [-0.3, -0.25) is 14.9 Å². The first-order valence-electron chi connectivity index (χ1n) is 5.69. The average Bonchev–Trinajstić information content (AvgIpc) is 2.35. The number of aliphatic carboxylic acids is 1. The van der Waals surface area contributed by atoms with Crippen molar-refractivity contribution in [1.82, 2.24) is 4.72 Å². The van der Waals surface area contributed by atoms with E-state index in [1.165, 1.54) is 26.0 Å². The second kappa shape index (κ2) is 5.97. The fourth-order valence-corrected chi connectivity index (χ4v) is 3.09. The smallest absolute Gasteiger partial charge is 0.321 e. The van der Waals surface area contributed by atoms with Crippen LogP contribution in [0.3, 0.4) is 0 Å². The van der Waals surface area contributed by atoms with E-state index in [2.05, 4.69) is 0 Å². The van der Waals surface area contributed by atoms with E-state index in [0.29, 0.717) is 5.56 Å². The van der Waals surface area contributed by atoms with Crippen LogP contribution in [-0.2, 0) is 14.8 Å². The molecule has 0 amide bonds. The SMILES string of the molecule is CC[C@H](NS(=O)(=O)c1cc([N+](=O)[O-])ccc1C)C(=O)O. The monoisotopic (exact) mass is 302 g/mol. The van der Waals surface area contributed by atoms with Gasteiger partial charge in [0.2, 0.25) is 10.0 Å². The van der Waals surface area contributed by atoms with E-state index in [4.69, 9.17) is 5.11 Å². The number of nitro groups is 1. The van der Waals surface area contributed by atoms with Crippen molar-refractivity contribution < 1.29 is 23.2 Å². The highest BCUT2D eigenvalue weighted by Crippen LogP contribution is 2.21. The summed E-state index contributed by atoms with van der Waals surface area (Å²) in [5.41, 5.74) is -0.0808. The van der Waals surface area contributed by atoms with Gasteiger partial charge in [0, 0.05) is 12.1 Å². The number of nitrogens with one attached hydrogen (secondary N) is 1. The molecule has 0 radical (unpaired) electrons. The Morgan fingerprint density at radius 2 is 2.10 bits per heavy atom. The van der Waals surface area contributed by atoms with Gasteiger partial charge in [0.25, 0.3) is 5.69 Å². The summed E-state index contributed by atoms with van der Waals surface area (Å²) in [6.07, 6.45) is 0.0581. The molecule has 0 spiro atoms. The minimum absolute atomic E-state index is 0.0581. The summed E-state index contributed by atoms with van der Waals surface area (Å²) in [6, 6.07) is 2.11. The van der Waals surface area contributed by atoms with Crippen molar-refractivity contribution in [3.8, 4) is 0 Å². The predicted octanol–water partition coefficient (Wildman–Crippen LogP) is 1.04. The fourth-order valence-electron chi connectivity index (χ4n) is 1.55. The number of carboxylic acid groups (broad SMARTS) is 1. The topological polar surface area (TPSA) is 127 Å². The molecule has 0 aliphatic heterocycles. The number of hydrogen-bond donors (Lipinski definition) is 2. The Morgan fingerprint density at radius 1 is 1.50 bits per heavy atom. The second-order valence-electron chi connectivity index (χ2n) is 4.13. The number of aryl methyl sites for hydroxylation is 1. The van der Waals surface area contributed by atoms with Crippen LogP contribution in [0, 0.1) is 17.0 Å². The lowest BCUT2D eigenvalue weighted by Crippen LogP contribution is -2.40. The van der Waals surface area contributed by atoms with Crippen LogP contribution in [0.15, 0.2) is 23.1 Å². The lowest BCUT2D eigenvalue weighted by Gasteiger charge is -2.14. The molecule has 20 heavy (non-hydrogen) atoms. The molecule has 0 aliphatic carbocycles. The minimum Gasteiger partial charge on any atom is -0.480 e. The van der Waals surface area contributed by atoms with Crippen LogP contribution in [0.2, 0.25) is 0 Å². The van der Waals surface area contributed by atoms with Gasteiger partial charge < -0.3 is 5.11 Å². The number of rotatable bonds is 6. The van der Waals surface area contributed by atoms with Crippen LogP contribution >= 0.6 is 0 Å². The standard InChI is InChI=1S/C11H14N2O6S/c1-3-9(11(14)15)12-20(18,19)10-6-8(13(16)17)5-4-7(10)2/h4-6,9,12H,3H2,1-2H3,(H,14,15)/t9-/m0/s1. The third kappa shape index (κ3) is 3.52. The van der Waals surface area contributed by atoms with Gasteiger partial charge in [-0.05, 0) is 18.9 Å². The Kier molecular flexibility index (Phi) is 4.79. The summed E-state index contributed by atoms with van der Waals surface area (Å²) in [7, 11) is -4.14. The van der Waals surface area contributed by atoms with E-state index in [-0.39, 0.29) is 17.0 Å². The highest BCUT2D eigenvalue weighted by atomic mass is 32.2. The zero-order valence-corrected chi connectivity index (χ0v) is 11.7. The maximum atomic E-state index is 12.1. The van der Waals surface area contributed by atoms with Gasteiger partial charge in [0.05, 0.1) is 9.82 Å². The summed E-state index contributed by atoms with van der Waals surface area (Å²) in [4.78, 5) is 20.5. The highest BCUT2D eigenvalue weighted by Gasteiger charge is 2.26. The highest BCUT2D eigenvalue weighted by molar-refractivity contribution is 7.89. The normalized spacial score (nSPS) is 12.9. The summed E-state index contributed by atoms with van der Waals surface area (Å²) in [5, 5.41) is 19.5. The fraction of sp³-hybridized carbons (Fsp3) is 0.364. The van der Waals surface area contributed by atoms with Crippen LogP contribution in [0.5, 0.6) is 0 Å². The molecule has 1 aromatic rings. The third-order valence-electron chi connectivity index (χ3n) is 2.68. The molecule has 1 rings (SSSR count). The van der Waals surface area contributed by atoms with E-state index in [9.17, 15) is 23.3 Å². The molecule has 0 aromatic heterocycles. The molecule has 0 unspecified atom stereocenters. The zero-order chi connectivity index (χ0) is 15.5. The molecule has 8 nitrogen and oxygen atoms in total. The van der Waals surface area contributed by atoms with Crippen LogP contribution < -0.4 is 4.72 Å². The van der Waals surface area contributed by atoms with Gasteiger partial charge >= 0.3 is 5.97 Å². The zero-order valence-electron chi connectivity index (χ0n) is 10.9. The van der Waals surface area contributed by atoms with E-state index in [1.807, 2.05) is 4.72 Å². The van der Waals surface area contributed by atoms with Gasteiger partial charge in [0.1, 0.15) is 6.04 Å². The lowest BCUT2D eigenvalue weighted by molar-refractivity contribution is -0.385. The third-order valence-corrected chi connectivity index (χ3v) is 4.29. The van der Waals surface area contributed by atoms with Crippen molar-refractivity contribution in [3.05, 3.63) is 33.9 Å². The van der Waals surface area contributed by atoms with E-state index < -0.39 is 27.0 Å². The van der Waals surface area contributed by atoms with Crippen LogP contribution in [-0.4, -0.2) is 30.5 Å². The average molecular weight is 302 g/mol. The molecular formula is C11H14N2O6S. The lowest BCUT2D eigenvalue weighted by atomic mass is 10.2. The Hall–Kier alpha value is -2.00. The Morgan fingerprint density at radius 3 is 2.55 bits per heavy atom. The first kappa shape index (κ1) is 16.1. The number of nitro benzene ring substituents is 1. The Bertz CT molecular complexity index is 640. The molecular weight excluding hydrogens is 288 g/mol. The molecule has 0 heterocycles. The van der Waals surface area contributed by atoms with Gasteiger partial charge in [-0.1, -0.05) is 13.0 Å². The number of carboxylic acids is 1. The van der Waals surface area contributed by atoms with Crippen molar-refractivity contribution in [2.75, 3.05) is 0 Å². The van der Waals surface area contributed by atoms with E-state index in [0.717, 1.165) is 6.07 Å². The molecule has 0 bridgehead atoms. The maximum Gasteiger partial charge on any atom is 0.321 e. The van der Waals surface area contributed by atoms with Crippen molar-refractivity contribution in [2.45, 2.75) is 31.2 Å². The minimum atomic E-state index is -4.14. The maximum absolute atomic E-state index is 12.1. The number of sulfonamides is 1. The molecule has 2 N–H and O–H groups in total. The summed E-state index contributed by atoms with van der Waals surface area (Å²) >= 11 is 0. The van der Waals surface area contributed by atoms with Crippen molar-refractivity contribution >= 4 is 21.7 Å². The van der Waals surface area contributed by atoms with Crippen LogP contribution in [0.25, 0.3) is 0 Å². The van der Waals surface area contributed by atoms with Gasteiger partial charge in [-0.2, -0.15) is 4.72 Å². The number of carbonyl (C=O) groups is 1. The number of benzene rings is 1. The van der Waals surface area contributed by atoms with Gasteiger partial charge in [0.15, 0.2) is 0 Å². The second-order valence-corrected chi connectivity index (χ2v) is 5.81. The van der Waals surface area contributed by atoms with Crippen molar-refractivity contribution in [2.24, 2.45) is 0 Å². The van der Waals surface area contributed by atoms with Crippen LogP contribution in [0.1, 0.15) is 18.9 Å². The number of non-ortho nitro benzene ring substituents is 1. The molecule has 0 aliphatic rings. The van der Waals surface area contributed by atoms with Crippen molar-refractivity contribution in [3.63, 3.8) is 0 Å². The molecule has 0 fully saturated rings. The Labute approximate surface area is 115 Å². The quantitative estimate of drug-likeness (QED) is 0.597. The number of hydrogen-bond acceptors (Lipinski definition) is 5. The largest absolute Gasteiger partial charge is 0.480 e.